The second-order valence-electron chi connectivity index (χ2n) is 6.45. The Bertz CT molecular complexity index is 365. The summed E-state index contributed by atoms with van der Waals surface area (Å²) in [4.78, 5) is 11.8. The first-order chi connectivity index (χ1) is 11.9. The van der Waals surface area contributed by atoms with Crippen LogP contribution in [0, 0.1) is 0 Å². The van der Waals surface area contributed by atoms with Crippen LogP contribution in [0.5, 0.6) is 0 Å². The third-order valence-corrected chi connectivity index (χ3v) is 6.90. The molecular formula is C19H38O5Si. The largest absolute Gasteiger partial charge is 0.503 e. The zero-order valence-corrected chi connectivity index (χ0v) is 17.9. The molecule has 0 N–H and O–H groups in total. The Kier molecular flexibility index (Phi) is 13.1. The molecular weight excluding hydrogens is 336 g/mol. The Morgan fingerprint density at radius 2 is 1.56 bits per heavy atom. The second kappa shape index (κ2) is 13.5. The Hall–Kier alpha value is -0.693. The predicted octanol–water partition coefficient (Wildman–Crippen LogP) is 5.23. The molecule has 0 aromatic carbocycles. The lowest BCUT2D eigenvalue weighted by molar-refractivity contribution is -0.204. The zero-order chi connectivity index (χ0) is 19.2. The van der Waals surface area contributed by atoms with Crippen molar-refractivity contribution >= 4 is 14.8 Å². The van der Waals surface area contributed by atoms with Crippen molar-refractivity contribution in [2.75, 3.05) is 13.2 Å². The lowest BCUT2D eigenvalue weighted by Crippen LogP contribution is -2.53. The van der Waals surface area contributed by atoms with Crippen molar-refractivity contribution in [2.24, 2.45) is 0 Å². The second-order valence-corrected chi connectivity index (χ2v) is 9.10. The molecule has 0 rings (SSSR count). The number of ether oxygens (including phenoxy) is 1. The number of hydrogen-bond donors (Lipinski definition) is 0. The number of carbonyl (C=O) groups excluding carboxylic acids is 1. The smallest absolute Gasteiger partial charge is 0.431 e. The van der Waals surface area contributed by atoms with Gasteiger partial charge in [-0.15, -0.1) is 0 Å². The molecule has 0 amide bonds. The molecule has 0 bridgehead atoms. The van der Waals surface area contributed by atoms with Gasteiger partial charge >= 0.3 is 14.8 Å². The van der Waals surface area contributed by atoms with Crippen molar-refractivity contribution in [3.8, 4) is 0 Å². The van der Waals surface area contributed by atoms with Gasteiger partial charge in [0.15, 0.2) is 0 Å². The quantitative estimate of drug-likeness (QED) is 0.122. The molecule has 0 aliphatic rings. The van der Waals surface area contributed by atoms with E-state index in [1.54, 1.807) is 6.92 Å². The van der Waals surface area contributed by atoms with Gasteiger partial charge in [-0.1, -0.05) is 53.5 Å². The molecule has 0 aromatic rings. The molecule has 1 atom stereocenters. The van der Waals surface area contributed by atoms with Gasteiger partial charge in [-0.05, 0) is 19.3 Å². The van der Waals surface area contributed by atoms with Gasteiger partial charge in [0, 0.05) is 38.7 Å². The Morgan fingerprint density at radius 3 is 1.96 bits per heavy atom. The summed E-state index contributed by atoms with van der Waals surface area (Å²) < 4.78 is 24.3. The first kappa shape index (κ1) is 24.3. The minimum absolute atomic E-state index is 0.488. The maximum atomic E-state index is 11.8. The van der Waals surface area contributed by atoms with Crippen molar-refractivity contribution in [3.63, 3.8) is 0 Å². The molecule has 0 saturated carbocycles. The van der Waals surface area contributed by atoms with E-state index in [1.165, 1.54) is 0 Å². The minimum atomic E-state index is -2.93. The van der Waals surface area contributed by atoms with E-state index in [0.29, 0.717) is 25.7 Å². The summed E-state index contributed by atoms with van der Waals surface area (Å²) >= 11 is 0. The van der Waals surface area contributed by atoms with E-state index in [2.05, 4.69) is 27.4 Å². The van der Waals surface area contributed by atoms with Crippen LogP contribution >= 0.6 is 0 Å². The highest BCUT2D eigenvalue weighted by atomic mass is 28.4. The Labute approximate surface area is 155 Å². The lowest BCUT2D eigenvalue weighted by atomic mass is 10.2. The summed E-state index contributed by atoms with van der Waals surface area (Å²) in [6.07, 6.45) is 7.46. The molecule has 0 radical (unpaired) electrons. The van der Waals surface area contributed by atoms with Crippen molar-refractivity contribution in [2.45, 2.75) is 91.4 Å². The topological polar surface area (TPSA) is 54.0 Å². The summed E-state index contributed by atoms with van der Waals surface area (Å²) in [5.74, 6) is -1.54. The first-order valence-electron chi connectivity index (χ1n) is 9.74. The molecule has 0 fully saturated rings. The van der Waals surface area contributed by atoms with E-state index in [1.807, 2.05) is 6.92 Å². The van der Waals surface area contributed by atoms with Gasteiger partial charge in [-0.3, -0.25) is 0 Å². The van der Waals surface area contributed by atoms with E-state index in [0.717, 1.165) is 44.6 Å². The first-order valence-corrected chi connectivity index (χ1v) is 11.7. The SMILES string of the molecule is C=CC(=O)OC(C)(CCC)O[Si](CCC)(OCCCC)OCCCC. The van der Waals surface area contributed by atoms with Crippen LogP contribution in [0.2, 0.25) is 6.04 Å². The summed E-state index contributed by atoms with van der Waals surface area (Å²) in [5.41, 5.74) is 0. The van der Waals surface area contributed by atoms with Crippen LogP contribution in [0.1, 0.15) is 79.6 Å². The minimum Gasteiger partial charge on any atom is -0.431 e. The van der Waals surface area contributed by atoms with E-state index in [-0.39, 0.29) is 0 Å². The number of rotatable bonds is 16. The zero-order valence-electron chi connectivity index (χ0n) is 16.9. The number of unbranched alkanes of at least 4 members (excludes halogenated alkanes) is 2. The summed E-state index contributed by atoms with van der Waals surface area (Å²) in [5, 5.41) is 0. The molecule has 0 aliphatic heterocycles. The van der Waals surface area contributed by atoms with Crippen molar-refractivity contribution in [1.82, 2.24) is 0 Å². The fraction of sp³-hybridized carbons (Fsp3) is 0.842. The number of carbonyl (C=O) groups is 1. The highest BCUT2D eigenvalue weighted by Gasteiger charge is 2.47. The van der Waals surface area contributed by atoms with Gasteiger partial charge in [0.25, 0.3) is 0 Å². The van der Waals surface area contributed by atoms with Crippen LogP contribution in [-0.4, -0.2) is 33.8 Å². The van der Waals surface area contributed by atoms with Gasteiger partial charge in [0.2, 0.25) is 5.79 Å². The number of hydrogen-bond acceptors (Lipinski definition) is 5. The van der Waals surface area contributed by atoms with Gasteiger partial charge < -0.3 is 18.0 Å². The molecule has 0 aromatic heterocycles. The monoisotopic (exact) mass is 374 g/mol. The molecule has 6 heteroatoms. The van der Waals surface area contributed by atoms with Gasteiger partial charge in [0.1, 0.15) is 0 Å². The molecule has 25 heavy (non-hydrogen) atoms. The summed E-state index contributed by atoms with van der Waals surface area (Å²) in [6.45, 7) is 14.8. The summed E-state index contributed by atoms with van der Waals surface area (Å²) in [6, 6.07) is 0.714. The third-order valence-electron chi connectivity index (χ3n) is 3.75. The highest BCUT2D eigenvalue weighted by molar-refractivity contribution is 6.60. The average molecular weight is 375 g/mol. The van der Waals surface area contributed by atoms with Crippen LogP contribution in [0.15, 0.2) is 12.7 Å². The van der Waals surface area contributed by atoms with Gasteiger partial charge in [0.05, 0.1) is 0 Å². The van der Waals surface area contributed by atoms with Crippen LogP contribution in [0.25, 0.3) is 0 Å². The van der Waals surface area contributed by atoms with E-state index in [4.69, 9.17) is 18.0 Å². The van der Waals surface area contributed by atoms with E-state index >= 15 is 0 Å². The highest BCUT2D eigenvalue weighted by Crippen LogP contribution is 2.30. The average Bonchev–Trinajstić information content (AvgIpc) is 2.55. The fourth-order valence-corrected chi connectivity index (χ4v) is 5.42. The van der Waals surface area contributed by atoms with Crippen LogP contribution in [0.3, 0.4) is 0 Å². The Morgan fingerprint density at radius 1 is 1.00 bits per heavy atom. The van der Waals surface area contributed by atoms with Crippen molar-refractivity contribution < 1.29 is 22.8 Å². The van der Waals surface area contributed by atoms with Crippen LogP contribution < -0.4 is 0 Å². The molecule has 1 unspecified atom stereocenters. The molecule has 5 nitrogen and oxygen atoms in total. The molecule has 0 heterocycles. The predicted molar refractivity (Wildman–Crippen MR) is 103 cm³/mol. The molecule has 0 aliphatic carbocycles. The fourth-order valence-electron chi connectivity index (χ4n) is 2.51. The van der Waals surface area contributed by atoms with E-state index in [9.17, 15) is 4.79 Å². The Balaban J connectivity index is 5.37. The molecule has 148 valence electrons. The van der Waals surface area contributed by atoms with Crippen LogP contribution in [-0.2, 0) is 22.8 Å². The van der Waals surface area contributed by atoms with Gasteiger partial charge in [-0.2, -0.15) is 0 Å². The maximum absolute atomic E-state index is 11.8. The summed E-state index contributed by atoms with van der Waals surface area (Å²) in [7, 11) is -2.93. The maximum Gasteiger partial charge on any atom is 0.503 e. The third kappa shape index (κ3) is 10.1. The molecule has 0 spiro atoms. The lowest BCUT2D eigenvalue weighted by Gasteiger charge is -2.38. The van der Waals surface area contributed by atoms with E-state index < -0.39 is 20.6 Å². The van der Waals surface area contributed by atoms with Crippen LogP contribution in [0.4, 0.5) is 0 Å². The van der Waals surface area contributed by atoms with Crippen molar-refractivity contribution in [3.05, 3.63) is 12.7 Å². The van der Waals surface area contributed by atoms with Crippen molar-refractivity contribution in [1.29, 1.82) is 0 Å². The molecule has 0 saturated heterocycles. The number of esters is 1. The normalized spacial score (nSPS) is 14.1. The van der Waals surface area contributed by atoms with Gasteiger partial charge in [-0.25, -0.2) is 4.79 Å². The standard InChI is InChI=1S/C19H38O5Si/c1-7-12-15-21-25(17-10-4,22-16-13-8-2)24-19(6,14-9-3)23-18(20)11-5/h11H,5,7-10,12-17H2,1-4,6H3.